The van der Waals surface area contributed by atoms with Crippen molar-refractivity contribution in [1.82, 2.24) is 10.3 Å². The first-order chi connectivity index (χ1) is 10.2. The van der Waals surface area contributed by atoms with E-state index >= 15 is 0 Å². The van der Waals surface area contributed by atoms with E-state index < -0.39 is 11.8 Å². The van der Waals surface area contributed by atoms with Gasteiger partial charge in [-0.15, -0.1) is 0 Å². The molecule has 0 fully saturated rings. The number of pyridine rings is 1. The fourth-order valence-electron chi connectivity index (χ4n) is 1.65. The molecule has 0 atom stereocenters. The van der Waals surface area contributed by atoms with Crippen molar-refractivity contribution >= 4 is 17.5 Å². The summed E-state index contributed by atoms with van der Waals surface area (Å²) in [6.07, 6.45) is 3.26. The van der Waals surface area contributed by atoms with Gasteiger partial charge in [-0.2, -0.15) is 0 Å². The maximum absolute atomic E-state index is 11.8. The quantitative estimate of drug-likeness (QED) is 0.831. The third-order valence-electron chi connectivity index (χ3n) is 2.71. The minimum atomic E-state index is -0.729. The van der Waals surface area contributed by atoms with Gasteiger partial charge in [-0.3, -0.25) is 14.6 Å². The van der Waals surface area contributed by atoms with Crippen LogP contribution in [0.2, 0.25) is 0 Å². The number of hydrogen-bond donors (Lipinski definition) is 2. The van der Waals surface area contributed by atoms with Crippen molar-refractivity contribution in [3.8, 4) is 5.75 Å². The molecule has 0 saturated carbocycles. The molecule has 0 aliphatic heterocycles. The van der Waals surface area contributed by atoms with Gasteiger partial charge in [-0.05, 0) is 23.8 Å². The van der Waals surface area contributed by atoms with Crippen molar-refractivity contribution in [3.63, 3.8) is 0 Å². The van der Waals surface area contributed by atoms with E-state index in [0.717, 1.165) is 5.56 Å². The normalized spacial score (nSPS) is 9.76. The number of nitrogens with zero attached hydrogens (tertiary/aromatic N) is 1. The Balaban J connectivity index is 1.89. The first-order valence-corrected chi connectivity index (χ1v) is 6.31. The second-order valence-corrected chi connectivity index (χ2v) is 4.23. The highest BCUT2D eigenvalue weighted by atomic mass is 16.5. The smallest absolute Gasteiger partial charge is 0.313 e. The number of nitrogens with one attached hydrogen (secondary N) is 2. The molecule has 0 aliphatic rings. The molecule has 1 aromatic heterocycles. The first kappa shape index (κ1) is 14.5. The van der Waals surface area contributed by atoms with Crippen LogP contribution in [-0.4, -0.2) is 23.9 Å². The van der Waals surface area contributed by atoms with Crippen molar-refractivity contribution < 1.29 is 14.3 Å². The zero-order valence-electron chi connectivity index (χ0n) is 11.5. The molecule has 0 unspecified atom stereocenters. The molecule has 2 rings (SSSR count). The van der Waals surface area contributed by atoms with Gasteiger partial charge in [-0.25, -0.2) is 0 Å². The van der Waals surface area contributed by atoms with E-state index in [4.69, 9.17) is 4.74 Å². The molecular weight excluding hydrogens is 270 g/mol. The predicted octanol–water partition coefficient (Wildman–Crippen LogP) is 1.35. The Bertz CT molecular complexity index is 629. The lowest BCUT2D eigenvalue weighted by atomic mass is 10.3. The Labute approximate surface area is 122 Å². The molecule has 2 N–H and O–H groups in total. The number of carbonyl (C=O) groups excluding carboxylic acids is 2. The molecule has 0 bridgehead atoms. The lowest BCUT2D eigenvalue weighted by molar-refractivity contribution is -0.136. The van der Waals surface area contributed by atoms with E-state index in [1.807, 2.05) is 6.07 Å². The number of methoxy groups -OCH3 is 1. The van der Waals surface area contributed by atoms with Crippen LogP contribution in [0.3, 0.4) is 0 Å². The second kappa shape index (κ2) is 7.04. The van der Waals surface area contributed by atoms with Crippen molar-refractivity contribution in [1.29, 1.82) is 0 Å². The maximum Gasteiger partial charge on any atom is 0.313 e. The summed E-state index contributed by atoms with van der Waals surface area (Å²) in [5, 5.41) is 5.03. The zero-order valence-corrected chi connectivity index (χ0v) is 11.5. The summed E-state index contributed by atoms with van der Waals surface area (Å²) in [7, 11) is 1.53. The minimum absolute atomic E-state index is 0.248. The standard InChI is InChI=1S/C15H15N3O3/c1-21-13-6-2-5-12(8-13)18-15(20)14(19)17-10-11-4-3-7-16-9-11/h2-9H,10H2,1H3,(H,17,19)(H,18,20). The molecule has 0 aliphatic carbocycles. The molecule has 2 aromatic rings. The molecule has 108 valence electrons. The number of carbonyl (C=O) groups is 2. The molecule has 0 saturated heterocycles. The Morgan fingerprint density at radius 2 is 2.05 bits per heavy atom. The molecule has 0 spiro atoms. The van der Waals surface area contributed by atoms with Crippen LogP contribution in [0.5, 0.6) is 5.75 Å². The summed E-state index contributed by atoms with van der Waals surface area (Å²) in [4.78, 5) is 27.4. The average molecular weight is 285 g/mol. The summed E-state index contributed by atoms with van der Waals surface area (Å²) >= 11 is 0. The number of rotatable bonds is 4. The predicted molar refractivity (Wildman–Crippen MR) is 77.7 cm³/mol. The van der Waals surface area contributed by atoms with Crippen LogP contribution in [0.4, 0.5) is 5.69 Å². The maximum atomic E-state index is 11.8. The van der Waals surface area contributed by atoms with Gasteiger partial charge < -0.3 is 15.4 Å². The highest BCUT2D eigenvalue weighted by molar-refractivity contribution is 6.39. The van der Waals surface area contributed by atoms with Crippen LogP contribution in [0.25, 0.3) is 0 Å². The first-order valence-electron chi connectivity index (χ1n) is 6.31. The Kier molecular flexibility index (Phi) is 4.87. The van der Waals surface area contributed by atoms with Crippen molar-refractivity contribution in [2.75, 3.05) is 12.4 Å². The van der Waals surface area contributed by atoms with Gasteiger partial charge in [0.1, 0.15) is 5.75 Å². The lowest BCUT2D eigenvalue weighted by Gasteiger charge is -2.07. The third kappa shape index (κ3) is 4.31. The van der Waals surface area contributed by atoms with Crippen molar-refractivity contribution in [2.24, 2.45) is 0 Å². The molecule has 6 nitrogen and oxygen atoms in total. The van der Waals surface area contributed by atoms with Crippen LogP contribution in [0.15, 0.2) is 48.8 Å². The molecule has 21 heavy (non-hydrogen) atoms. The van der Waals surface area contributed by atoms with E-state index in [1.54, 1.807) is 42.7 Å². The zero-order chi connectivity index (χ0) is 15.1. The van der Waals surface area contributed by atoms with E-state index in [9.17, 15) is 9.59 Å². The molecule has 1 heterocycles. The van der Waals surface area contributed by atoms with Gasteiger partial charge in [0, 0.05) is 30.7 Å². The molecule has 0 radical (unpaired) electrons. The topological polar surface area (TPSA) is 80.3 Å². The summed E-state index contributed by atoms with van der Waals surface area (Å²) in [5.41, 5.74) is 1.32. The molecule has 2 amide bonds. The van der Waals surface area contributed by atoms with Gasteiger partial charge in [0.25, 0.3) is 0 Å². The number of benzene rings is 1. The van der Waals surface area contributed by atoms with E-state index in [-0.39, 0.29) is 6.54 Å². The highest BCUT2D eigenvalue weighted by Crippen LogP contribution is 2.16. The summed E-state index contributed by atoms with van der Waals surface area (Å²) in [6, 6.07) is 10.4. The van der Waals surface area contributed by atoms with Gasteiger partial charge in [0.2, 0.25) is 0 Å². The second-order valence-electron chi connectivity index (χ2n) is 4.23. The number of anilines is 1. The third-order valence-corrected chi connectivity index (χ3v) is 2.71. The lowest BCUT2D eigenvalue weighted by Crippen LogP contribution is -2.34. The van der Waals surface area contributed by atoms with Gasteiger partial charge in [0.05, 0.1) is 7.11 Å². The summed E-state index contributed by atoms with van der Waals surface area (Å²) in [6.45, 7) is 0.248. The van der Waals surface area contributed by atoms with E-state index in [1.165, 1.54) is 7.11 Å². The largest absolute Gasteiger partial charge is 0.497 e. The SMILES string of the molecule is COc1cccc(NC(=O)C(=O)NCc2cccnc2)c1. The van der Waals surface area contributed by atoms with Crippen LogP contribution in [0.1, 0.15) is 5.56 Å². The Morgan fingerprint density at radius 1 is 1.19 bits per heavy atom. The number of hydrogen-bond acceptors (Lipinski definition) is 4. The molecule has 1 aromatic carbocycles. The van der Waals surface area contributed by atoms with Crippen LogP contribution in [0, 0.1) is 0 Å². The van der Waals surface area contributed by atoms with Crippen LogP contribution in [-0.2, 0) is 16.1 Å². The molecular formula is C15H15N3O3. The van der Waals surface area contributed by atoms with Gasteiger partial charge in [0.15, 0.2) is 0 Å². The fourth-order valence-corrected chi connectivity index (χ4v) is 1.65. The summed E-state index contributed by atoms with van der Waals surface area (Å²) < 4.78 is 5.04. The van der Waals surface area contributed by atoms with Gasteiger partial charge >= 0.3 is 11.8 Å². The Morgan fingerprint density at radius 3 is 2.76 bits per heavy atom. The van der Waals surface area contributed by atoms with E-state index in [2.05, 4.69) is 15.6 Å². The average Bonchev–Trinajstić information content (AvgIpc) is 2.53. The van der Waals surface area contributed by atoms with Crippen molar-refractivity contribution in [2.45, 2.75) is 6.54 Å². The molecule has 6 heteroatoms. The van der Waals surface area contributed by atoms with Crippen molar-refractivity contribution in [3.05, 3.63) is 54.4 Å². The monoisotopic (exact) mass is 285 g/mol. The number of ether oxygens (including phenoxy) is 1. The number of amides is 2. The van der Waals surface area contributed by atoms with Crippen LogP contribution >= 0.6 is 0 Å². The summed E-state index contributed by atoms with van der Waals surface area (Å²) in [5.74, 6) is -0.836. The van der Waals surface area contributed by atoms with Crippen LogP contribution < -0.4 is 15.4 Å². The highest BCUT2D eigenvalue weighted by Gasteiger charge is 2.13. The van der Waals surface area contributed by atoms with Gasteiger partial charge in [-0.1, -0.05) is 12.1 Å². The number of aromatic nitrogens is 1. The Hall–Kier alpha value is -2.89. The fraction of sp³-hybridized carbons (Fsp3) is 0.133. The van der Waals surface area contributed by atoms with E-state index in [0.29, 0.717) is 11.4 Å². The minimum Gasteiger partial charge on any atom is -0.497 e.